The smallest absolute Gasteiger partial charge is 0.0772 e. The number of aliphatic hydroxyl groups is 1. The third kappa shape index (κ3) is 2.91. The Morgan fingerprint density at radius 1 is 1.39 bits per heavy atom. The average Bonchev–Trinajstić information content (AvgIpc) is 3.23. The SMILES string of the molecule is CC(C1CC1)N(C)CC(N)(CO)c1ccccc1. The molecule has 3 nitrogen and oxygen atoms in total. The zero-order valence-corrected chi connectivity index (χ0v) is 11.3. The molecule has 0 saturated heterocycles. The van der Waals surface area contributed by atoms with Crippen LogP contribution in [0.2, 0.25) is 0 Å². The Morgan fingerprint density at radius 3 is 2.50 bits per heavy atom. The number of hydrogen-bond acceptors (Lipinski definition) is 3. The highest BCUT2D eigenvalue weighted by Gasteiger charge is 2.35. The van der Waals surface area contributed by atoms with Crippen LogP contribution in [-0.2, 0) is 5.54 Å². The summed E-state index contributed by atoms with van der Waals surface area (Å²) in [6, 6.07) is 10.4. The normalized spacial score (nSPS) is 20.7. The molecule has 1 saturated carbocycles. The molecule has 1 aliphatic rings. The van der Waals surface area contributed by atoms with Gasteiger partial charge >= 0.3 is 0 Å². The van der Waals surface area contributed by atoms with Gasteiger partial charge in [0.25, 0.3) is 0 Å². The van der Waals surface area contributed by atoms with Gasteiger partial charge in [0, 0.05) is 12.6 Å². The largest absolute Gasteiger partial charge is 0.394 e. The number of aliphatic hydroxyl groups excluding tert-OH is 1. The molecule has 2 rings (SSSR count). The van der Waals surface area contributed by atoms with Gasteiger partial charge in [0.1, 0.15) is 0 Å². The highest BCUT2D eigenvalue weighted by molar-refractivity contribution is 5.24. The zero-order valence-electron chi connectivity index (χ0n) is 11.3. The fourth-order valence-electron chi connectivity index (χ4n) is 2.53. The molecular formula is C15H24N2O. The summed E-state index contributed by atoms with van der Waals surface area (Å²) < 4.78 is 0. The van der Waals surface area contributed by atoms with Crippen LogP contribution in [0.25, 0.3) is 0 Å². The molecular weight excluding hydrogens is 224 g/mol. The Kier molecular flexibility index (Phi) is 4.05. The lowest BCUT2D eigenvalue weighted by Crippen LogP contribution is -2.51. The van der Waals surface area contributed by atoms with Gasteiger partial charge in [-0.2, -0.15) is 0 Å². The van der Waals surface area contributed by atoms with Crippen molar-refractivity contribution in [2.75, 3.05) is 20.2 Å². The Labute approximate surface area is 110 Å². The van der Waals surface area contributed by atoms with Gasteiger partial charge in [0.2, 0.25) is 0 Å². The number of benzene rings is 1. The first-order valence-corrected chi connectivity index (χ1v) is 6.72. The summed E-state index contributed by atoms with van der Waals surface area (Å²) in [7, 11) is 2.10. The van der Waals surface area contributed by atoms with Gasteiger partial charge in [-0.15, -0.1) is 0 Å². The molecule has 100 valence electrons. The second-order valence-electron chi connectivity index (χ2n) is 5.67. The summed E-state index contributed by atoms with van der Waals surface area (Å²) in [5.74, 6) is 0.814. The summed E-state index contributed by atoms with van der Waals surface area (Å²) >= 11 is 0. The van der Waals surface area contributed by atoms with Crippen LogP contribution in [0.1, 0.15) is 25.3 Å². The van der Waals surface area contributed by atoms with Gasteiger partial charge < -0.3 is 15.7 Å². The zero-order chi connectivity index (χ0) is 13.2. The minimum absolute atomic E-state index is 0.0290. The first kappa shape index (κ1) is 13.5. The lowest BCUT2D eigenvalue weighted by molar-refractivity contribution is 0.124. The third-order valence-electron chi connectivity index (χ3n) is 4.16. The molecule has 1 fully saturated rings. The molecule has 0 amide bonds. The van der Waals surface area contributed by atoms with E-state index >= 15 is 0 Å². The Bertz CT molecular complexity index is 377. The van der Waals surface area contributed by atoms with Crippen LogP contribution < -0.4 is 5.73 Å². The van der Waals surface area contributed by atoms with Crippen molar-refractivity contribution in [3.63, 3.8) is 0 Å². The van der Waals surface area contributed by atoms with E-state index in [9.17, 15) is 5.11 Å². The Balaban J connectivity index is 2.07. The molecule has 2 unspecified atom stereocenters. The second-order valence-corrected chi connectivity index (χ2v) is 5.67. The Hall–Kier alpha value is -0.900. The van der Waals surface area contributed by atoms with Crippen LogP contribution in [0.3, 0.4) is 0 Å². The fraction of sp³-hybridized carbons (Fsp3) is 0.600. The first-order valence-electron chi connectivity index (χ1n) is 6.72. The molecule has 18 heavy (non-hydrogen) atoms. The summed E-state index contributed by atoms with van der Waals surface area (Å²) in [6.07, 6.45) is 2.65. The van der Waals surface area contributed by atoms with E-state index in [0.717, 1.165) is 11.5 Å². The number of likely N-dealkylation sites (N-methyl/N-ethyl adjacent to an activating group) is 1. The molecule has 1 aromatic rings. The number of nitrogens with two attached hydrogens (primary N) is 1. The van der Waals surface area contributed by atoms with E-state index < -0.39 is 5.54 Å². The molecule has 2 atom stereocenters. The molecule has 3 N–H and O–H groups in total. The van der Waals surface area contributed by atoms with Crippen molar-refractivity contribution in [2.45, 2.75) is 31.3 Å². The van der Waals surface area contributed by atoms with E-state index in [1.807, 2.05) is 30.3 Å². The summed E-state index contributed by atoms with van der Waals surface area (Å²) in [5, 5.41) is 9.67. The van der Waals surface area contributed by atoms with Gasteiger partial charge in [-0.05, 0) is 38.3 Å². The maximum Gasteiger partial charge on any atom is 0.0772 e. The molecule has 3 heteroatoms. The maximum atomic E-state index is 9.67. The molecule has 0 spiro atoms. The summed E-state index contributed by atoms with van der Waals surface area (Å²) in [6.45, 7) is 2.91. The van der Waals surface area contributed by atoms with Crippen LogP contribution in [0.15, 0.2) is 30.3 Å². The first-order chi connectivity index (χ1) is 8.57. The van der Waals surface area contributed by atoms with Crippen LogP contribution >= 0.6 is 0 Å². The van der Waals surface area contributed by atoms with Crippen molar-refractivity contribution >= 4 is 0 Å². The van der Waals surface area contributed by atoms with E-state index in [0.29, 0.717) is 12.6 Å². The van der Waals surface area contributed by atoms with Crippen molar-refractivity contribution in [1.82, 2.24) is 4.90 Å². The van der Waals surface area contributed by atoms with Crippen LogP contribution in [0.4, 0.5) is 0 Å². The number of rotatable bonds is 6. The molecule has 1 aliphatic carbocycles. The van der Waals surface area contributed by atoms with Gasteiger partial charge in [-0.1, -0.05) is 30.3 Å². The summed E-state index contributed by atoms with van der Waals surface area (Å²) in [4.78, 5) is 2.28. The predicted octanol–water partition coefficient (Wildman–Crippen LogP) is 1.56. The van der Waals surface area contributed by atoms with E-state index in [-0.39, 0.29) is 6.61 Å². The predicted molar refractivity (Wildman–Crippen MR) is 74.2 cm³/mol. The van der Waals surface area contributed by atoms with Crippen LogP contribution in [0, 0.1) is 5.92 Å². The van der Waals surface area contributed by atoms with Gasteiger partial charge in [-0.25, -0.2) is 0 Å². The maximum absolute atomic E-state index is 9.67. The molecule has 0 heterocycles. The highest BCUT2D eigenvalue weighted by Crippen LogP contribution is 2.35. The highest BCUT2D eigenvalue weighted by atomic mass is 16.3. The minimum Gasteiger partial charge on any atom is -0.394 e. The molecule has 0 radical (unpaired) electrons. The van der Waals surface area contributed by atoms with Crippen molar-refractivity contribution in [1.29, 1.82) is 0 Å². The Morgan fingerprint density at radius 2 is 2.00 bits per heavy atom. The van der Waals surface area contributed by atoms with Crippen molar-refractivity contribution in [2.24, 2.45) is 11.7 Å². The van der Waals surface area contributed by atoms with E-state index in [1.54, 1.807) is 0 Å². The number of nitrogens with zero attached hydrogens (tertiary/aromatic N) is 1. The fourth-order valence-corrected chi connectivity index (χ4v) is 2.53. The van der Waals surface area contributed by atoms with Gasteiger partial charge in [-0.3, -0.25) is 0 Å². The van der Waals surface area contributed by atoms with E-state index in [2.05, 4.69) is 18.9 Å². The molecule has 0 aromatic heterocycles. The quantitative estimate of drug-likeness (QED) is 0.803. The number of hydrogen-bond donors (Lipinski definition) is 2. The van der Waals surface area contributed by atoms with Gasteiger partial charge in [0.05, 0.1) is 12.1 Å². The lowest BCUT2D eigenvalue weighted by atomic mass is 9.90. The molecule has 0 bridgehead atoms. The second kappa shape index (κ2) is 5.39. The lowest BCUT2D eigenvalue weighted by Gasteiger charge is -2.35. The van der Waals surface area contributed by atoms with Crippen molar-refractivity contribution in [3.8, 4) is 0 Å². The average molecular weight is 248 g/mol. The van der Waals surface area contributed by atoms with Crippen molar-refractivity contribution < 1.29 is 5.11 Å². The minimum atomic E-state index is -0.668. The third-order valence-corrected chi connectivity index (χ3v) is 4.16. The summed E-state index contributed by atoms with van der Waals surface area (Å²) in [5.41, 5.74) is 6.72. The van der Waals surface area contributed by atoms with E-state index in [1.165, 1.54) is 12.8 Å². The van der Waals surface area contributed by atoms with Crippen LogP contribution in [0.5, 0.6) is 0 Å². The van der Waals surface area contributed by atoms with Crippen LogP contribution in [-0.4, -0.2) is 36.2 Å². The van der Waals surface area contributed by atoms with E-state index in [4.69, 9.17) is 5.73 Å². The van der Waals surface area contributed by atoms with Gasteiger partial charge in [0.15, 0.2) is 0 Å². The topological polar surface area (TPSA) is 49.5 Å². The standard InChI is InChI=1S/C15H24N2O/c1-12(13-8-9-13)17(2)10-15(16,11-18)14-6-4-3-5-7-14/h3-7,12-13,18H,8-11,16H2,1-2H3. The van der Waals surface area contributed by atoms with Crippen molar-refractivity contribution in [3.05, 3.63) is 35.9 Å². The molecule has 1 aromatic carbocycles. The monoisotopic (exact) mass is 248 g/mol. The molecule has 0 aliphatic heterocycles.